The van der Waals surface area contributed by atoms with Gasteiger partial charge in [-0.2, -0.15) is 0 Å². The van der Waals surface area contributed by atoms with Gasteiger partial charge in [0.25, 0.3) is 5.91 Å². The second-order valence-electron chi connectivity index (χ2n) is 3.31. The van der Waals surface area contributed by atoms with Gasteiger partial charge < -0.3 is 10.1 Å². The van der Waals surface area contributed by atoms with E-state index in [9.17, 15) is 9.59 Å². The predicted octanol–water partition coefficient (Wildman–Crippen LogP) is 1.53. The average molecular weight is 301 g/mol. The number of pyridine rings is 1. The van der Waals surface area contributed by atoms with Gasteiger partial charge in [-0.25, -0.2) is 9.78 Å². The minimum absolute atomic E-state index is 0.254. The van der Waals surface area contributed by atoms with Gasteiger partial charge in [-0.1, -0.05) is 0 Å². The molecule has 0 aromatic carbocycles. The molecule has 0 radical (unpaired) electrons. The van der Waals surface area contributed by atoms with Crippen molar-refractivity contribution in [2.45, 2.75) is 19.9 Å². The molecule has 0 aliphatic rings. The van der Waals surface area contributed by atoms with Gasteiger partial charge in [0.2, 0.25) is 0 Å². The molecule has 1 N–H and O–H groups in total. The van der Waals surface area contributed by atoms with E-state index in [0.29, 0.717) is 0 Å². The van der Waals surface area contributed by atoms with Crippen LogP contribution in [0, 0.1) is 0 Å². The van der Waals surface area contributed by atoms with Crippen molar-refractivity contribution in [3.8, 4) is 0 Å². The Hall–Kier alpha value is -1.43. The molecule has 92 valence electrons. The molecule has 5 nitrogen and oxygen atoms in total. The van der Waals surface area contributed by atoms with Crippen molar-refractivity contribution < 1.29 is 14.3 Å². The maximum Gasteiger partial charge on any atom is 0.328 e. The first kappa shape index (κ1) is 13.6. The summed E-state index contributed by atoms with van der Waals surface area (Å²) in [6.45, 7) is 3.56. The highest BCUT2D eigenvalue weighted by Crippen LogP contribution is 2.07. The number of nitrogens with zero attached hydrogens (tertiary/aromatic N) is 1. The van der Waals surface area contributed by atoms with Crippen LogP contribution in [0.2, 0.25) is 0 Å². The fraction of sp³-hybridized carbons (Fsp3) is 0.364. The Morgan fingerprint density at radius 3 is 2.76 bits per heavy atom. The van der Waals surface area contributed by atoms with Gasteiger partial charge in [0.05, 0.1) is 6.61 Å². The van der Waals surface area contributed by atoms with Crippen LogP contribution in [-0.4, -0.2) is 29.5 Å². The number of amides is 1. The number of ether oxygens (including phenoxy) is 1. The summed E-state index contributed by atoms with van der Waals surface area (Å²) in [7, 11) is 0. The molecule has 17 heavy (non-hydrogen) atoms. The van der Waals surface area contributed by atoms with Gasteiger partial charge in [-0.05, 0) is 41.9 Å². The lowest BCUT2D eigenvalue weighted by atomic mass is 10.3. The average Bonchev–Trinajstić information content (AvgIpc) is 2.30. The zero-order chi connectivity index (χ0) is 12.8. The van der Waals surface area contributed by atoms with Gasteiger partial charge in [-0.15, -0.1) is 0 Å². The van der Waals surface area contributed by atoms with E-state index in [4.69, 9.17) is 4.74 Å². The lowest BCUT2D eigenvalue weighted by molar-refractivity contribution is -0.144. The molecule has 0 spiro atoms. The SMILES string of the molecule is CCOC(=O)C(C)NC(=O)c1ccc(Br)cn1. The minimum Gasteiger partial charge on any atom is -0.464 e. The normalized spacial score (nSPS) is 11.7. The molecular weight excluding hydrogens is 288 g/mol. The molecule has 1 atom stereocenters. The van der Waals surface area contributed by atoms with Crippen LogP contribution in [-0.2, 0) is 9.53 Å². The molecule has 1 aromatic rings. The highest BCUT2D eigenvalue weighted by atomic mass is 79.9. The fourth-order valence-electron chi connectivity index (χ4n) is 1.11. The monoisotopic (exact) mass is 300 g/mol. The van der Waals surface area contributed by atoms with Crippen molar-refractivity contribution >= 4 is 27.8 Å². The van der Waals surface area contributed by atoms with Crippen LogP contribution in [0.25, 0.3) is 0 Å². The highest BCUT2D eigenvalue weighted by Gasteiger charge is 2.17. The number of rotatable bonds is 4. The number of carbonyl (C=O) groups is 2. The van der Waals surface area contributed by atoms with E-state index in [1.54, 1.807) is 26.0 Å². The largest absolute Gasteiger partial charge is 0.464 e. The van der Waals surface area contributed by atoms with Crippen LogP contribution >= 0.6 is 15.9 Å². The van der Waals surface area contributed by atoms with Crippen molar-refractivity contribution in [3.05, 3.63) is 28.5 Å². The van der Waals surface area contributed by atoms with E-state index in [-0.39, 0.29) is 12.3 Å². The standard InChI is InChI=1S/C11H13BrN2O3/c1-3-17-11(16)7(2)14-10(15)9-5-4-8(12)6-13-9/h4-7H,3H2,1-2H3,(H,14,15). The van der Waals surface area contributed by atoms with Crippen molar-refractivity contribution in [1.29, 1.82) is 0 Å². The first-order valence-corrected chi connectivity index (χ1v) is 5.93. The van der Waals surface area contributed by atoms with Crippen LogP contribution in [0.1, 0.15) is 24.3 Å². The quantitative estimate of drug-likeness (QED) is 0.856. The zero-order valence-electron chi connectivity index (χ0n) is 9.57. The fourth-order valence-corrected chi connectivity index (χ4v) is 1.34. The third-order valence-corrected chi connectivity index (χ3v) is 2.42. The molecular formula is C11H13BrN2O3. The maximum atomic E-state index is 11.7. The van der Waals surface area contributed by atoms with Crippen molar-refractivity contribution in [3.63, 3.8) is 0 Å². The second-order valence-corrected chi connectivity index (χ2v) is 4.22. The number of nitrogens with one attached hydrogen (secondary N) is 1. The number of esters is 1. The van der Waals surface area contributed by atoms with Gasteiger partial charge in [0.15, 0.2) is 0 Å². The van der Waals surface area contributed by atoms with Crippen LogP contribution in [0.3, 0.4) is 0 Å². The van der Waals surface area contributed by atoms with Crippen LogP contribution in [0.5, 0.6) is 0 Å². The van der Waals surface area contributed by atoms with Crippen molar-refractivity contribution in [1.82, 2.24) is 10.3 Å². The smallest absolute Gasteiger partial charge is 0.328 e. The molecule has 0 saturated carbocycles. The van der Waals surface area contributed by atoms with Crippen LogP contribution in [0.15, 0.2) is 22.8 Å². The summed E-state index contributed by atoms with van der Waals surface area (Å²) in [6, 6.07) is 2.58. The number of hydrogen-bond acceptors (Lipinski definition) is 4. The molecule has 1 rings (SSSR count). The van der Waals surface area contributed by atoms with E-state index in [1.807, 2.05) is 0 Å². The third kappa shape index (κ3) is 4.14. The minimum atomic E-state index is -0.687. The Bertz CT molecular complexity index is 406. The van der Waals surface area contributed by atoms with Crippen LogP contribution in [0.4, 0.5) is 0 Å². The van der Waals surface area contributed by atoms with E-state index in [2.05, 4.69) is 26.2 Å². The second kappa shape index (κ2) is 6.34. The zero-order valence-corrected chi connectivity index (χ0v) is 11.2. The summed E-state index contributed by atoms with van der Waals surface area (Å²) < 4.78 is 5.56. The van der Waals surface area contributed by atoms with Crippen molar-refractivity contribution in [2.75, 3.05) is 6.61 Å². The first-order chi connectivity index (χ1) is 8.04. The number of halogens is 1. The Balaban J connectivity index is 2.60. The molecule has 0 fully saturated rings. The first-order valence-electron chi connectivity index (χ1n) is 5.13. The van der Waals surface area contributed by atoms with Gasteiger partial charge >= 0.3 is 5.97 Å². The van der Waals surface area contributed by atoms with E-state index in [1.165, 1.54) is 6.20 Å². The molecule has 1 amide bonds. The molecule has 1 aromatic heterocycles. The number of carbonyl (C=O) groups excluding carboxylic acids is 2. The van der Waals surface area contributed by atoms with Gasteiger partial charge in [0, 0.05) is 10.7 Å². The number of hydrogen-bond donors (Lipinski definition) is 1. The van der Waals surface area contributed by atoms with Crippen molar-refractivity contribution in [2.24, 2.45) is 0 Å². The summed E-state index contributed by atoms with van der Waals surface area (Å²) in [5, 5.41) is 2.51. The van der Waals surface area contributed by atoms with Gasteiger partial charge in [-0.3, -0.25) is 4.79 Å². The topological polar surface area (TPSA) is 68.3 Å². The summed E-state index contributed by atoms with van der Waals surface area (Å²) in [4.78, 5) is 26.9. The van der Waals surface area contributed by atoms with E-state index < -0.39 is 17.9 Å². The summed E-state index contributed by atoms with van der Waals surface area (Å²) in [5.41, 5.74) is 0.254. The van der Waals surface area contributed by atoms with E-state index in [0.717, 1.165) is 4.47 Å². The summed E-state index contributed by atoms with van der Waals surface area (Å²) in [6.07, 6.45) is 1.52. The Morgan fingerprint density at radius 2 is 2.24 bits per heavy atom. The Morgan fingerprint density at radius 1 is 1.53 bits per heavy atom. The predicted molar refractivity (Wildman–Crippen MR) is 65.5 cm³/mol. The van der Waals surface area contributed by atoms with E-state index >= 15 is 0 Å². The molecule has 0 saturated heterocycles. The van der Waals surface area contributed by atoms with Crippen LogP contribution < -0.4 is 5.32 Å². The molecule has 1 heterocycles. The molecule has 1 unspecified atom stereocenters. The highest BCUT2D eigenvalue weighted by molar-refractivity contribution is 9.10. The lowest BCUT2D eigenvalue weighted by Gasteiger charge is -2.11. The number of aromatic nitrogens is 1. The molecule has 0 aliphatic heterocycles. The summed E-state index contributed by atoms with van der Waals surface area (Å²) in [5.74, 6) is -0.865. The van der Waals surface area contributed by atoms with Gasteiger partial charge in [0.1, 0.15) is 11.7 Å². The Labute approximate surface area is 108 Å². The third-order valence-electron chi connectivity index (χ3n) is 1.95. The Kier molecular flexibility index (Phi) is 5.09. The molecule has 0 aliphatic carbocycles. The lowest BCUT2D eigenvalue weighted by Crippen LogP contribution is -2.39. The molecule has 6 heteroatoms. The molecule has 0 bridgehead atoms. The summed E-state index contributed by atoms with van der Waals surface area (Å²) >= 11 is 3.22. The maximum absolute atomic E-state index is 11.7.